The normalized spacial score (nSPS) is 12.9. The molecule has 2 aromatic carbocycles. The van der Waals surface area contributed by atoms with Gasteiger partial charge in [-0.05, 0) is 47.4 Å². The van der Waals surface area contributed by atoms with Crippen molar-refractivity contribution in [1.29, 1.82) is 0 Å². The summed E-state index contributed by atoms with van der Waals surface area (Å²) in [5.41, 5.74) is 1.39. The van der Waals surface area contributed by atoms with Gasteiger partial charge in [-0.25, -0.2) is 0 Å². The van der Waals surface area contributed by atoms with Crippen molar-refractivity contribution in [3.8, 4) is 5.75 Å². The van der Waals surface area contributed by atoms with Gasteiger partial charge in [-0.1, -0.05) is 77.5 Å². The van der Waals surface area contributed by atoms with Gasteiger partial charge in [0.1, 0.15) is 5.75 Å². The summed E-state index contributed by atoms with van der Waals surface area (Å²) < 4.78 is 6.98. The lowest BCUT2D eigenvalue weighted by Crippen LogP contribution is -1.99. The summed E-state index contributed by atoms with van der Waals surface area (Å²) in [6.45, 7) is 3.01. The van der Waals surface area contributed by atoms with Crippen LogP contribution in [0, 0.1) is 5.92 Å². The molecule has 1 nitrogen and oxygen atoms in total. The van der Waals surface area contributed by atoms with E-state index >= 15 is 0 Å². The molecule has 1 atom stereocenters. The SMILES string of the molecule is CC(/C=C(/Br)CCCOc1ccccc1)Cc1ccccc1. The third-order valence-corrected chi connectivity index (χ3v) is 4.10. The minimum Gasteiger partial charge on any atom is -0.494 e. The van der Waals surface area contributed by atoms with Crippen molar-refractivity contribution in [2.24, 2.45) is 5.92 Å². The number of ether oxygens (including phenoxy) is 1. The lowest BCUT2D eigenvalue weighted by atomic mass is 10.0. The Balaban J connectivity index is 1.68. The summed E-state index contributed by atoms with van der Waals surface area (Å²) in [6.07, 6.45) is 5.43. The molecule has 0 bridgehead atoms. The van der Waals surface area contributed by atoms with Gasteiger partial charge in [0.2, 0.25) is 0 Å². The van der Waals surface area contributed by atoms with E-state index in [0.717, 1.165) is 31.6 Å². The minimum atomic E-state index is 0.534. The van der Waals surface area contributed by atoms with E-state index in [1.807, 2.05) is 30.3 Å². The number of benzene rings is 2. The molecular formula is C20H23BrO. The topological polar surface area (TPSA) is 9.23 Å². The van der Waals surface area contributed by atoms with Gasteiger partial charge in [-0.15, -0.1) is 0 Å². The van der Waals surface area contributed by atoms with Gasteiger partial charge in [0, 0.05) is 0 Å². The lowest BCUT2D eigenvalue weighted by molar-refractivity contribution is 0.312. The molecule has 0 fully saturated rings. The third kappa shape index (κ3) is 6.48. The number of rotatable bonds is 8. The van der Waals surface area contributed by atoms with E-state index in [2.05, 4.69) is 59.3 Å². The zero-order valence-corrected chi connectivity index (χ0v) is 14.6. The van der Waals surface area contributed by atoms with Crippen LogP contribution >= 0.6 is 15.9 Å². The molecule has 0 aromatic heterocycles. The zero-order valence-electron chi connectivity index (χ0n) is 13.0. The predicted octanol–water partition coefficient (Wildman–Crippen LogP) is 6.00. The first-order chi connectivity index (χ1) is 10.7. The van der Waals surface area contributed by atoms with Crippen molar-refractivity contribution >= 4 is 15.9 Å². The van der Waals surface area contributed by atoms with Crippen LogP contribution in [0.5, 0.6) is 5.75 Å². The molecule has 1 unspecified atom stereocenters. The van der Waals surface area contributed by atoms with Crippen LogP contribution in [-0.2, 0) is 6.42 Å². The van der Waals surface area contributed by atoms with E-state index in [0.29, 0.717) is 5.92 Å². The summed E-state index contributed by atoms with van der Waals surface area (Å²) in [7, 11) is 0. The van der Waals surface area contributed by atoms with Crippen LogP contribution in [0.25, 0.3) is 0 Å². The van der Waals surface area contributed by atoms with Crippen LogP contribution in [0.15, 0.2) is 71.2 Å². The molecule has 0 aliphatic heterocycles. The van der Waals surface area contributed by atoms with Crippen LogP contribution in [0.1, 0.15) is 25.3 Å². The highest BCUT2D eigenvalue weighted by Crippen LogP contribution is 2.19. The molecule has 0 aliphatic rings. The van der Waals surface area contributed by atoms with Crippen LogP contribution in [-0.4, -0.2) is 6.61 Å². The Morgan fingerprint density at radius 1 is 1.05 bits per heavy atom. The fourth-order valence-corrected chi connectivity index (χ4v) is 3.12. The Hall–Kier alpha value is -1.54. The highest BCUT2D eigenvalue weighted by molar-refractivity contribution is 9.11. The molecule has 2 heteroatoms. The maximum absolute atomic E-state index is 5.71. The molecule has 0 saturated heterocycles. The van der Waals surface area contributed by atoms with E-state index in [1.165, 1.54) is 10.0 Å². The fraction of sp³-hybridized carbons (Fsp3) is 0.300. The van der Waals surface area contributed by atoms with Crippen molar-refractivity contribution in [2.45, 2.75) is 26.2 Å². The van der Waals surface area contributed by atoms with Crippen LogP contribution < -0.4 is 4.74 Å². The molecule has 0 radical (unpaired) electrons. The Morgan fingerprint density at radius 2 is 1.68 bits per heavy atom. The Morgan fingerprint density at radius 3 is 2.36 bits per heavy atom. The second-order valence-electron chi connectivity index (χ2n) is 5.55. The summed E-state index contributed by atoms with van der Waals surface area (Å²) in [5, 5.41) is 0. The van der Waals surface area contributed by atoms with Gasteiger partial charge in [0.15, 0.2) is 0 Å². The standard InChI is InChI=1S/C20H23BrO/c1-17(15-18-9-4-2-5-10-18)16-19(21)11-8-14-22-20-12-6-3-7-13-20/h2-7,9-10,12-13,16-17H,8,11,14-15H2,1H3/b19-16+. The molecule has 0 saturated carbocycles. The van der Waals surface area contributed by atoms with E-state index < -0.39 is 0 Å². The third-order valence-electron chi connectivity index (χ3n) is 3.44. The van der Waals surface area contributed by atoms with Crippen molar-refractivity contribution in [3.05, 3.63) is 76.8 Å². The number of para-hydroxylation sites is 1. The lowest BCUT2D eigenvalue weighted by Gasteiger charge is -2.09. The van der Waals surface area contributed by atoms with Gasteiger partial charge in [0.25, 0.3) is 0 Å². The van der Waals surface area contributed by atoms with Gasteiger partial charge >= 0.3 is 0 Å². The monoisotopic (exact) mass is 358 g/mol. The van der Waals surface area contributed by atoms with Crippen molar-refractivity contribution in [2.75, 3.05) is 6.61 Å². The Labute approximate surface area is 142 Å². The Kier molecular flexibility index (Phi) is 7.24. The number of hydrogen-bond donors (Lipinski definition) is 0. The largest absolute Gasteiger partial charge is 0.494 e. The molecule has 116 valence electrons. The van der Waals surface area contributed by atoms with Gasteiger partial charge in [-0.2, -0.15) is 0 Å². The highest BCUT2D eigenvalue weighted by Gasteiger charge is 2.02. The van der Waals surface area contributed by atoms with Gasteiger partial charge in [-0.3, -0.25) is 0 Å². The van der Waals surface area contributed by atoms with Gasteiger partial charge < -0.3 is 4.74 Å². The summed E-state index contributed by atoms with van der Waals surface area (Å²) in [4.78, 5) is 0. The predicted molar refractivity (Wildman–Crippen MR) is 97.5 cm³/mol. The van der Waals surface area contributed by atoms with E-state index in [9.17, 15) is 0 Å². The van der Waals surface area contributed by atoms with Crippen molar-refractivity contribution in [1.82, 2.24) is 0 Å². The first-order valence-corrected chi connectivity index (χ1v) is 8.61. The first-order valence-electron chi connectivity index (χ1n) is 7.82. The molecule has 0 heterocycles. The van der Waals surface area contributed by atoms with E-state index in [4.69, 9.17) is 4.74 Å². The summed E-state index contributed by atoms with van der Waals surface area (Å²) >= 11 is 3.68. The van der Waals surface area contributed by atoms with Gasteiger partial charge in [0.05, 0.1) is 6.61 Å². The van der Waals surface area contributed by atoms with Crippen LogP contribution in [0.2, 0.25) is 0 Å². The van der Waals surface area contributed by atoms with E-state index in [-0.39, 0.29) is 0 Å². The average molecular weight is 359 g/mol. The van der Waals surface area contributed by atoms with Crippen molar-refractivity contribution in [3.63, 3.8) is 0 Å². The van der Waals surface area contributed by atoms with Crippen LogP contribution in [0.3, 0.4) is 0 Å². The smallest absolute Gasteiger partial charge is 0.119 e. The molecule has 2 aromatic rings. The minimum absolute atomic E-state index is 0.534. The molecule has 22 heavy (non-hydrogen) atoms. The molecule has 0 amide bonds. The van der Waals surface area contributed by atoms with Crippen LogP contribution in [0.4, 0.5) is 0 Å². The quantitative estimate of drug-likeness (QED) is 0.525. The summed E-state index contributed by atoms with van der Waals surface area (Å²) in [6, 6.07) is 20.6. The average Bonchev–Trinajstić information content (AvgIpc) is 2.53. The maximum Gasteiger partial charge on any atom is 0.119 e. The second kappa shape index (κ2) is 9.47. The molecule has 0 N–H and O–H groups in total. The Bertz CT molecular complexity index is 563. The number of hydrogen-bond acceptors (Lipinski definition) is 1. The zero-order chi connectivity index (χ0) is 15.6. The molecule has 0 spiro atoms. The maximum atomic E-state index is 5.71. The molecule has 2 rings (SSSR count). The highest BCUT2D eigenvalue weighted by atomic mass is 79.9. The van der Waals surface area contributed by atoms with Crippen molar-refractivity contribution < 1.29 is 4.74 Å². The number of allylic oxidation sites excluding steroid dienone is 2. The molecular weight excluding hydrogens is 336 g/mol. The van der Waals surface area contributed by atoms with E-state index in [1.54, 1.807) is 0 Å². The fourth-order valence-electron chi connectivity index (χ4n) is 2.38. The summed E-state index contributed by atoms with van der Waals surface area (Å²) in [5.74, 6) is 1.48. The first kappa shape index (κ1) is 16.8. The molecule has 0 aliphatic carbocycles. The second-order valence-corrected chi connectivity index (χ2v) is 6.56. The number of halogens is 1.